The lowest BCUT2D eigenvalue weighted by Gasteiger charge is -2.40. The first-order valence-corrected chi connectivity index (χ1v) is 20.6. The minimum absolute atomic E-state index is 0.221. The summed E-state index contributed by atoms with van der Waals surface area (Å²) in [5.74, 6) is 15.4. The van der Waals surface area contributed by atoms with Crippen LogP contribution >= 0.6 is 11.8 Å². The summed E-state index contributed by atoms with van der Waals surface area (Å²) in [5, 5.41) is 13.5. The molecule has 0 fully saturated rings. The minimum Gasteiger partial charge on any atom is -0.508 e. The molecule has 2 aliphatic heterocycles. The summed E-state index contributed by atoms with van der Waals surface area (Å²) >= 11 is 1.67. The van der Waals surface area contributed by atoms with Gasteiger partial charge in [-0.3, -0.25) is 10.0 Å². The number of ether oxygens (including phenoxy) is 1. The van der Waals surface area contributed by atoms with E-state index in [1.54, 1.807) is 33.9 Å². The average molecular weight is 803 g/mol. The van der Waals surface area contributed by atoms with Gasteiger partial charge >= 0.3 is 0 Å². The van der Waals surface area contributed by atoms with Crippen molar-refractivity contribution in [2.75, 3.05) is 19.8 Å². The van der Waals surface area contributed by atoms with Gasteiger partial charge in [-0.25, -0.2) is 11.7 Å². The average Bonchev–Trinajstić information content (AvgIpc) is 3.28. The fraction of sp³-hybridized carbons (Fsp3) is 0.0588. The number of hydrazine groups is 2. The normalized spacial score (nSPS) is 13.4. The van der Waals surface area contributed by atoms with Gasteiger partial charge < -0.3 is 19.6 Å². The second-order valence-electron chi connectivity index (χ2n) is 15.4. The number of fused-ring (bicyclic) bond motifs is 4. The summed E-state index contributed by atoms with van der Waals surface area (Å²) in [4.78, 5) is 6.48. The fourth-order valence-electron chi connectivity index (χ4n) is 8.31. The number of hydrogen-bond donors (Lipinski definition) is 3. The van der Waals surface area contributed by atoms with Gasteiger partial charge in [-0.15, -0.1) is 0 Å². The van der Waals surface area contributed by atoms with Crippen LogP contribution in [0.2, 0.25) is 0 Å². The van der Waals surface area contributed by atoms with E-state index >= 15 is 0 Å². The smallest absolute Gasteiger partial charge is 0.129 e. The summed E-state index contributed by atoms with van der Waals surface area (Å²) in [6, 6.07) is 63.2. The molecule has 8 aromatic carbocycles. The van der Waals surface area contributed by atoms with Crippen molar-refractivity contribution in [1.82, 2.24) is 0 Å². The topological polar surface area (TPSA) is 94.5 Å². The van der Waals surface area contributed by atoms with Gasteiger partial charge in [0.2, 0.25) is 0 Å². The molecule has 8 aromatic rings. The fourth-order valence-corrected chi connectivity index (χ4v) is 9.39. The Morgan fingerprint density at radius 1 is 0.450 bits per heavy atom. The van der Waals surface area contributed by atoms with E-state index < -0.39 is 5.41 Å². The third-order valence-corrected chi connectivity index (χ3v) is 12.4. The molecule has 0 bridgehead atoms. The van der Waals surface area contributed by atoms with Crippen LogP contribution in [0.1, 0.15) is 25.0 Å². The molecule has 9 heteroatoms. The van der Waals surface area contributed by atoms with E-state index in [1.165, 1.54) is 0 Å². The summed E-state index contributed by atoms with van der Waals surface area (Å²) in [7, 11) is 0. The number of benzene rings is 8. The van der Waals surface area contributed by atoms with Gasteiger partial charge in [-0.2, -0.15) is 0 Å². The maximum atomic E-state index is 10.00. The third kappa shape index (κ3) is 6.55. The third-order valence-electron chi connectivity index (χ3n) is 11.3. The van der Waals surface area contributed by atoms with E-state index in [9.17, 15) is 5.11 Å². The molecule has 294 valence electrons. The molecule has 5 N–H and O–H groups in total. The Labute approximate surface area is 354 Å². The monoisotopic (exact) mass is 802 g/mol. The highest BCUT2D eigenvalue weighted by molar-refractivity contribution is 7.99. The molecule has 0 radical (unpaired) electrons. The van der Waals surface area contributed by atoms with Crippen LogP contribution in [0.15, 0.2) is 198 Å². The van der Waals surface area contributed by atoms with Crippen LogP contribution in [0, 0.1) is 0 Å². The van der Waals surface area contributed by atoms with Crippen molar-refractivity contribution in [1.29, 1.82) is 0 Å². The van der Waals surface area contributed by atoms with Crippen molar-refractivity contribution in [3.05, 3.63) is 199 Å². The number of anilines is 10. The molecule has 0 unspecified atom stereocenters. The first kappa shape index (κ1) is 37.1. The maximum absolute atomic E-state index is 10.00. The number of hydrogen-bond acceptors (Lipinski definition) is 9. The Balaban J connectivity index is 0.938. The second-order valence-corrected chi connectivity index (χ2v) is 16.5. The highest BCUT2D eigenvalue weighted by atomic mass is 32.2. The number of nitrogens with zero attached hydrogens (tertiary/aromatic N) is 4. The molecule has 0 atom stereocenters. The molecule has 0 aliphatic carbocycles. The van der Waals surface area contributed by atoms with Crippen LogP contribution in [0.3, 0.4) is 0 Å². The summed E-state index contributed by atoms with van der Waals surface area (Å²) in [5.41, 5.74) is 11.5. The lowest BCUT2D eigenvalue weighted by molar-refractivity contribution is 0.475. The Bertz CT molecular complexity index is 2820. The van der Waals surface area contributed by atoms with Crippen LogP contribution < -0.4 is 36.2 Å². The zero-order chi connectivity index (χ0) is 41.0. The highest BCUT2D eigenvalue weighted by Crippen LogP contribution is 2.53. The summed E-state index contributed by atoms with van der Waals surface area (Å²) in [6.07, 6.45) is 0. The molecule has 0 spiro atoms. The van der Waals surface area contributed by atoms with Gasteiger partial charge in [-0.1, -0.05) is 80.2 Å². The first-order valence-electron chi connectivity index (χ1n) is 19.8. The molecule has 0 amide bonds. The first-order chi connectivity index (χ1) is 29.2. The predicted octanol–water partition coefficient (Wildman–Crippen LogP) is 13.3. The molecular weight excluding hydrogens is 761 g/mol. The standard InChI is InChI=1S/C51H42N6O2S/c1-51(2)43-30-38(54(34-12-6-3-7-13-34)35-14-8-4-9-15-35)20-26-45(43)56(52)46-28-24-41(32-44(46)51)59-42-25-29-49-48(33-42)57(53)47-27-21-39(31-50(47)60-49)55(36-16-10-5-11-17-36)37-18-22-40(58)23-19-37/h3-33,58H,52-53H2,1-2H3. The van der Waals surface area contributed by atoms with Gasteiger partial charge in [0.25, 0.3) is 0 Å². The Kier molecular flexibility index (Phi) is 9.21. The predicted molar refractivity (Wildman–Crippen MR) is 246 cm³/mol. The zero-order valence-corrected chi connectivity index (χ0v) is 33.9. The van der Waals surface area contributed by atoms with Crippen LogP contribution in [-0.4, -0.2) is 5.11 Å². The SMILES string of the molecule is CC1(C)c2cc(Oc3ccc4c(c3)N(N)c3ccc(N(c5ccccc5)c5ccc(O)cc5)cc3S4)ccc2N(N)c2ccc(N(c3ccccc3)c3ccccc3)cc21. The largest absolute Gasteiger partial charge is 0.508 e. The lowest BCUT2D eigenvalue weighted by atomic mass is 9.74. The van der Waals surface area contributed by atoms with E-state index in [1.807, 2.05) is 66.7 Å². The highest BCUT2D eigenvalue weighted by Gasteiger charge is 2.37. The molecule has 8 nitrogen and oxygen atoms in total. The molecule has 2 aliphatic rings. The number of phenolic OH excluding ortho intramolecular Hbond substituents is 1. The van der Waals surface area contributed by atoms with Crippen LogP contribution in [-0.2, 0) is 5.41 Å². The zero-order valence-electron chi connectivity index (χ0n) is 33.1. The van der Waals surface area contributed by atoms with Crippen molar-refractivity contribution in [2.45, 2.75) is 29.1 Å². The molecular formula is C51H42N6O2S. The Hall–Kier alpha value is -7.17. The van der Waals surface area contributed by atoms with Crippen molar-refractivity contribution in [3.63, 3.8) is 0 Å². The van der Waals surface area contributed by atoms with E-state index in [2.05, 4.69) is 133 Å². The summed E-state index contributed by atoms with van der Waals surface area (Å²) in [6.45, 7) is 4.49. The van der Waals surface area contributed by atoms with Crippen LogP contribution in [0.5, 0.6) is 17.2 Å². The maximum Gasteiger partial charge on any atom is 0.129 e. The number of aromatic hydroxyl groups is 1. The van der Waals surface area contributed by atoms with Gasteiger partial charge in [0.15, 0.2) is 0 Å². The Morgan fingerprint density at radius 2 is 0.900 bits per heavy atom. The summed E-state index contributed by atoms with van der Waals surface area (Å²) < 4.78 is 6.61. The molecule has 0 saturated heterocycles. The van der Waals surface area contributed by atoms with E-state index in [0.29, 0.717) is 11.5 Å². The second kappa shape index (κ2) is 14.9. The Morgan fingerprint density at radius 3 is 1.50 bits per heavy atom. The van der Waals surface area contributed by atoms with Crippen molar-refractivity contribution in [2.24, 2.45) is 11.7 Å². The van der Waals surface area contributed by atoms with Crippen LogP contribution in [0.25, 0.3) is 0 Å². The number of rotatable bonds is 8. The minimum atomic E-state index is -0.406. The molecule has 10 rings (SSSR count). The molecule has 2 heterocycles. The van der Waals surface area contributed by atoms with Crippen molar-refractivity contribution in [3.8, 4) is 17.2 Å². The van der Waals surface area contributed by atoms with Crippen LogP contribution in [0.4, 0.5) is 56.9 Å². The molecule has 60 heavy (non-hydrogen) atoms. The van der Waals surface area contributed by atoms with Gasteiger partial charge in [0.1, 0.15) is 17.2 Å². The van der Waals surface area contributed by atoms with E-state index in [0.717, 1.165) is 77.8 Å². The molecule has 0 aromatic heterocycles. The van der Waals surface area contributed by atoms with Gasteiger partial charge in [0, 0.05) is 55.4 Å². The van der Waals surface area contributed by atoms with Gasteiger partial charge in [-0.05, 0) is 139 Å². The van der Waals surface area contributed by atoms with E-state index in [-0.39, 0.29) is 5.75 Å². The van der Waals surface area contributed by atoms with Crippen molar-refractivity contribution >= 4 is 68.6 Å². The van der Waals surface area contributed by atoms with Gasteiger partial charge in [0.05, 0.1) is 22.7 Å². The molecule has 0 saturated carbocycles. The number of phenols is 1. The van der Waals surface area contributed by atoms with E-state index in [4.69, 9.17) is 16.4 Å². The number of nitrogens with two attached hydrogens (primary N) is 2. The van der Waals surface area contributed by atoms with Crippen molar-refractivity contribution < 1.29 is 9.84 Å². The lowest BCUT2D eigenvalue weighted by Crippen LogP contribution is -2.37. The quantitative estimate of drug-likeness (QED) is 0.130. The number of para-hydroxylation sites is 3.